The number of fused-ring (bicyclic) bond motifs is 6. The lowest BCUT2D eigenvalue weighted by Crippen LogP contribution is -2.74. The fourth-order valence-corrected chi connectivity index (χ4v) is 23.4. The first-order valence-corrected chi connectivity index (χ1v) is 33.4. The van der Waals surface area contributed by atoms with Crippen LogP contribution in [0.3, 0.4) is 0 Å². The molecule has 0 N–H and O–H groups in total. The molecule has 0 aliphatic carbocycles. The van der Waals surface area contributed by atoms with Crippen LogP contribution in [-0.2, 0) is 0 Å². The van der Waals surface area contributed by atoms with E-state index in [-0.39, 0.29) is 0 Å². The molecule has 15 rings (SSSR count). The van der Waals surface area contributed by atoms with Crippen LogP contribution in [-0.4, -0.2) is 25.3 Å². The summed E-state index contributed by atoms with van der Waals surface area (Å²) < 4.78 is 4.72. The van der Waals surface area contributed by atoms with E-state index in [1.165, 1.54) is 41.5 Å². The highest BCUT2D eigenvalue weighted by Gasteiger charge is 2.43. The number of nitriles is 1. The molecule has 0 aliphatic heterocycles. The van der Waals surface area contributed by atoms with Gasteiger partial charge in [0.05, 0.1) is 40.3 Å². The van der Waals surface area contributed by atoms with Crippen molar-refractivity contribution in [3.05, 3.63) is 351 Å². The third kappa shape index (κ3) is 8.72. The number of benzene rings is 13. The molecule has 0 saturated heterocycles. The fraction of sp³-hybridized carbons (Fsp3) is 0. The number of anilines is 3. The fourth-order valence-electron chi connectivity index (χ4n) is 13.8. The molecule has 0 atom stereocenters. The van der Waals surface area contributed by atoms with E-state index < -0.39 is 16.1 Å². The highest BCUT2D eigenvalue weighted by molar-refractivity contribution is 7.20. The van der Waals surface area contributed by atoms with E-state index in [4.69, 9.17) is 6.57 Å². The van der Waals surface area contributed by atoms with Crippen LogP contribution >= 0.6 is 0 Å². The molecule has 13 aromatic carbocycles. The first-order valence-electron chi connectivity index (χ1n) is 29.4. The third-order valence-electron chi connectivity index (χ3n) is 17.6. The van der Waals surface area contributed by atoms with Crippen molar-refractivity contribution in [2.24, 2.45) is 0 Å². The van der Waals surface area contributed by atoms with Crippen molar-refractivity contribution in [3.63, 3.8) is 0 Å². The number of rotatable bonds is 13. The van der Waals surface area contributed by atoms with Crippen molar-refractivity contribution in [1.29, 1.82) is 5.26 Å². The van der Waals surface area contributed by atoms with E-state index in [0.717, 1.165) is 72.0 Å². The van der Waals surface area contributed by atoms with Crippen molar-refractivity contribution >= 4 is 124 Å². The van der Waals surface area contributed by atoms with Gasteiger partial charge >= 0.3 is 0 Å². The quantitative estimate of drug-likeness (QED) is 0.0656. The summed E-state index contributed by atoms with van der Waals surface area (Å²) in [6.45, 7) is 7.83. The van der Waals surface area contributed by atoms with Gasteiger partial charge in [0.15, 0.2) is 21.8 Å². The monoisotopic (exact) mass is 1140 g/mol. The van der Waals surface area contributed by atoms with Gasteiger partial charge in [-0.2, -0.15) is 5.26 Å². The summed E-state index contributed by atoms with van der Waals surface area (Å²) in [5, 5.41) is 24.9. The largest absolute Gasteiger partial charge is 0.310 e. The van der Waals surface area contributed by atoms with E-state index >= 15 is 0 Å². The summed E-state index contributed by atoms with van der Waals surface area (Å²) in [5.74, 6) is 0. The van der Waals surface area contributed by atoms with Gasteiger partial charge in [-0.1, -0.05) is 237 Å². The number of aromatic nitrogens is 2. The first kappa shape index (κ1) is 52.5. The number of para-hydroxylation sites is 1. The van der Waals surface area contributed by atoms with E-state index in [2.05, 4.69) is 334 Å². The van der Waals surface area contributed by atoms with Gasteiger partial charge in [0.2, 0.25) is 0 Å². The van der Waals surface area contributed by atoms with Crippen LogP contribution in [0.25, 0.3) is 59.8 Å². The summed E-state index contributed by atoms with van der Waals surface area (Å²) in [4.78, 5) is 6.17. The molecule has 5 nitrogen and oxygen atoms in total. The Labute approximate surface area is 508 Å². The second-order valence-electron chi connectivity index (χ2n) is 22.2. The van der Waals surface area contributed by atoms with E-state index in [9.17, 15) is 5.26 Å². The molecule has 0 fully saturated rings. The van der Waals surface area contributed by atoms with Crippen molar-refractivity contribution < 1.29 is 0 Å². The average Bonchev–Trinajstić information content (AvgIpc) is 2.50. The van der Waals surface area contributed by atoms with Crippen LogP contribution in [0.2, 0.25) is 0 Å². The van der Waals surface area contributed by atoms with Crippen LogP contribution in [0.4, 0.5) is 22.7 Å². The topological polar surface area (TPSA) is 41.2 Å². The number of hydrogen-bond donors (Lipinski definition) is 0. The standard InChI is InChI=1S/C80H55N5Si2/c1-82-59-39-43-62(44-40-59)85-78-50-46-64(54-74(78)76-56-72(48-52-80(76)85)87(68-31-17-6-18-32-68,69-33-19-7-20-34-69)70-35-21-8-22-36-70)83(60-23-9-2-10-24-60)63-45-49-77-73(53-63)75-55-71(47-51-79(75)84(77)61-41-37-58(57-81)38-42-61)86(65-25-11-3-12-26-65,66-27-13-4-14-28-66)67-29-15-5-16-30-67/h2-56H. The summed E-state index contributed by atoms with van der Waals surface area (Å²) in [5.41, 5.74) is 10.5. The Hall–Kier alpha value is -11.3. The Morgan fingerprint density at radius 1 is 0.299 bits per heavy atom. The Bertz CT molecular complexity index is 4580. The minimum absolute atomic E-state index is 0.602. The molecule has 0 amide bonds. The summed E-state index contributed by atoms with van der Waals surface area (Å²) >= 11 is 0. The molecule has 408 valence electrons. The maximum Gasteiger partial charge on any atom is 0.187 e. The minimum atomic E-state index is -2.95. The maximum atomic E-state index is 9.95. The zero-order chi connectivity index (χ0) is 58.3. The second-order valence-corrected chi connectivity index (χ2v) is 29.8. The highest BCUT2D eigenvalue weighted by atomic mass is 28.3. The van der Waals surface area contributed by atoms with Crippen molar-refractivity contribution in [1.82, 2.24) is 9.13 Å². The van der Waals surface area contributed by atoms with E-state index in [1.807, 2.05) is 24.3 Å². The molecule has 2 heterocycles. The molecule has 2 aromatic heterocycles. The lowest BCUT2D eigenvalue weighted by Gasteiger charge is -2.34. The van der Waals surface area contributed by atoms with Crippen LogP contribution in [0, 0.1) is 17.9 Å². The Morgan fingerprint density at radius 2 is 0.598 bits per heavy atom. The molecule has 87 heavy (non-hydrogen) atoms. The molecule has 0 bridgehead atoms. The summed E-state index contributed by atoms with van der Waals surface area (Å²) in [6, 6.07) is 124. The van der Waals surface area contributed by atoms with Crippen LogP contribution < -0.4 is 46.4 Å². The van der Waals surface area contributed by atoms with Gasteiger partial charge in [0.1, 0.15) is 0 Å². The van der Waals surface area contributed by atoms with Crippen LogP contribution in [0.1, 0.15) is 5.56 Å². The molecule has 0 unspecified atom stereocenters. The van der Waals surface area contributed by atoms with Crippen molar-refractivity contribution in [3.8, 4) is 17.4 Å². The van der Waals surface area contributed by atoms with Gasteiger partial charge in [-0.15, -0.1) is 0 Å². The van der Waals surface area contributed by atoms with Crippen LogP contribution in [0.5, 0.6) is 0 Å². The Morgan fingerprint density at radius 3 is 0.920 bits per heavy atom. The van der Waals surface area contributed by atoms with Gasteiger partial charge in [-0.25, -0.2) is 4.85 Å². The number of hydrogen-bond acceptors (Lipinski definition) is 2. The molecule has 0 saturated carbocycles. The second kappa shape index (κ2) is 22.0. The molecule has 15 aromatic rings. The first-order chi connectivity index (χ1) is 43.1. The SMILES string of the molecule is [C-]#[N+]c1ccc(-n2c3ccc(N(c4ccccc4)c4ccc5c(c4)c4cc([Si](c6ccccc6)(c6ccccc6)c6ccccc6)ccc4n5-c4ccc(C#N)cc4)cc3c3cc([Si](c4ccccc4)(c4ccccc4)c4ccccc4)ccc32)cc1. The molecular formula is C80H55N5Si2. The molecular weight excluding hydrogens is 1090 g/mol. The summed E-state index contributed by atoms with van der Waals surface area (Å²) in [6.07, 6.45) is 0. The molecule has 0 spiro atoms. The highest BCUT2D eigenvalue weighted by Crippen LogP contribution is 2.43. The average molecular weight is 1140 g/mol. The van der Waals surface area contributed by atoms with Gasteiger partial charge < -0.3 is 14.0 Å². The van der Waals surface area contributed by atoms with Crippen molar-refractivity contribution in [2.45, 2.75) is 0 Å². The zero-order valence-corrected chi connectivity index (χ0v) is 49.5. The van der Waals surface area contributed by atoms with Crippen LogP contribution in [0.15, 0.2) is 334 Å². The zero-order valence-electron chi connectivity index (χ0n) is 47.5. The lowest BCUT2D eigenvalue weighted by molar-refractivity contribution is 1.18. The minimum Gasteiger partial charge on any atom is -0.310 e. The molecule has 7 heteroatoms. The van der Waals surface area contributed by atoms with Gasteiger partial charge in [0, 0.05) is 50.0 Å². The predicted octanol–water partition coefficient (Wildman–Crippen LogP) is 14.5. The predicted molar refractivity (Wildman–Crippen MR) is 368 cm³/mol. The smallest absolute Gasteiger partial charge is 0.187 e. The summed E-state index contributed by atoms with van der Waals surface area (Å²) in [7, 11) is -5.89. The Balaban J connectivity index is 0.995. The van der Waals surface area contributed by atoms with E-state index in [1.54, 1.807) is 0 Å². The normalized spacial score (nSPS) is 11.7. The Kier molecular flexibility index (Phi) is 13.3. The molecule has 0 radical (unpaired) electrons. The maximum absolute atomic E-state index is 9.95. The van der Waals surface area contributed by atoms with Gasteiger partial charge in [-0.05, 0) is 139 Å². The number of nitrogens with zero attached hydrogens (tertiary/aromatic N) is 5. The molecule has 0 aliphatic rings. The van der Waals surface area contributed by atoms with Gasteiger partial charge in [0.25, 0.3) is 0 Å². The third-order valence-corrected chi connectivity index (χ3v) is 27.2. The lowest BCUT2D eigenvalue weighted by atomic mass is 10.1. The van der Waals surface area contributed by atoms with Crippen molar-refractivity contribution in [2.75, 3.05) is 4.90 Å². The van der Waals surface area contributed by atoms with Gasteiger partial charge in [-0.3, -0.25) is 0 Å². The van der Waals surface area contributed by atoms with E-state index in [0.29, 0.717) is 11.3 Å².